The van der Waals surface area contributed by atoms with Crippen molar-refractivity contribution in [3.05, 3.63) is 30.1 Å². The van der Waals surface area contributed by atoms with Crippen LogP contribution in [0, 0.1) is 0 Å². The van der Waals surface area contributed by atoms with E-state index in [0.29, 0.717) is 30.5 Å². The Kier molecular flexibility index (Phi) is 3.89. The summed E-state index contributed by atoms with van der Waals surface area (Å²) >= 11 is 0. The van der Waals surface area contributed by atoms with Gasteiger partial charge in [0.1, 0.15) is 5.52 Å². The molecule has 0 bridgehead atoms. The molecule has 2 amide bonds. The molecule has 4 heterocycles. The highest BCUT2D eigenvalue weighted by molar-refractivity contribution is 6.00. The minimum absolute atomic E-state index is 0.0150. The van der Waals surface area contributed by atoms with Crippen LogP contribution in [0.5, 0.6) is 0 Å². The molecule has 2 aliphatic heterocycles. The van der Waals surface area contributed by atoms with E-state index in [2.05, 4.69) is 20.8 Å². The molecule has 0 aromatic carbocycles. The van der Waals surface area contributed by atoms with E-state index in [1.807, 2.05) is 0 Å². The van der Waals surface area contributed by atoms with Crippen molar-refractivity contribution in [2.24, 2.45) is 0 Å². The molecule has 0 radical (unpaired) electrons. The molecular weight excluding hydrogens is 310 g/mol. The van der Waals surface area contributed by atoms with E-state index in [1.165, 1.54) is 10.8 Å². The monoisotopic (exact) mass is 329 g/mol. The van der Waals surface area contributed by atoms with Gasteiger partial charge in [-0.25, -0.2) is 0 Å². The van der Waals surface area contributed by atoms with E-state index in [1.54, 1.807) is 18.3 Å². The molecule has 2 aromatic rings. The highest BCUT2D eigenvalue weighted by Gasteiger charge is 2.37. The van der Waals surface area contributed by atoms with Gasteiger partial charge in [-0.1, -0.05) is 0 Å². The zero-order valence-corrected chi connectivity index (χ0v) is 13.1. The van der Waals surface area contributed by atoms with Gasteiger partial charge < -0.3 is 15.4 Å². The van der Waals surface area contributed by atoms with E-state index in [9.17, 15) is 9.59 Å². The summed E-state index contributed by atoms with van der Waals surface area (Å²) < 4.78 is 7.15. The lowest BCUT2D eigenvalue weighted by molar-refractivity contribution is -0.125. The van der Waals surface area contributed by atoms with Crippen LogP contribution in [0.25, 0.3) is 5.52 Å². The van der Waals surface area contributed by atoms with Crippen molar-refractivity contribution in [3.63, 3.8) is 0 Å². The lowest BCUT2D eigenvalue weighted by Gasteiger charge is -2.36. The summed E-state index contributed by atoms with van der Waals surface area (Å²) in [6.07, 6.45) is 6.00. The summed E-state index contributed by atoms with van der Waals surface area (Å²) in [5.74, 6) is -0.191. The molecule has 3 atom stereocenters. The Morgan fingerprint density at radius 1 is 1.38 bits per heavy atom. The number of aromatic nitrogens is 3. The maximum Gasteiger partial charge on any atom is 0.255 e. The van der Waals surface area contributed by atoms with Crippen molar-refractivity contribution >= 4 is 17.3 Å². The largest absolute Gasteiger partial charge is 0.376 e. The Labute approximate surface area is 138 Å². The first-order chi connectivity index (χ1) is 11.7. The first-order valence-electron chi connectivity index (χ1n) is 8.23. The minimum Gasteiger partial charge on any atom is -0.376 e. The SMILES string of the molecule is O=C1CC[C@H](NC(=O)c2cnn3ncccc23)[C@@H](C2CCCO2)N1. The van der Waals surface area contributed by atoms with Crippen LogP contribution in [-0.2, 0) is 9.53 Å². The third-order valence-corrected chi connectivity index (χ3v) is 4.67. The number of amides is 2. The number of ether oxygens (including phenoxy) is 1. The number of carbonyl (C=O) groups is 2. The average Bonchev–Trinajstić information content (AvgIpc) is 3.25. The maximum atomic E-state index is 12.7. The maximum absolute atomic E-state index is 12.7. The second kappa shape index (κ2) is 6.20. The Hall–Kier alpha value is -2.48. The molecule has 2 N–H and O–H groups in total. The predicted molar refractivity (Wildman–Crippen MR) is 84.4 cm³/mol. The smallest absolute Gasteiger partial charge is 0.255 e. The Bertz CT molecular complexity index is 768. The molecule has 2 aromatic heterocycles. The van der Waals surface area contributed by atoms with Gasteiger partial charge in [0.2, 0.25) is 5.91 Å². The van der Waals surface area contributed by atoms with Crippen LogP contribution in [0.3, 0.4) is 0 Å². The summed E-state index contributed by atoms with van der Waals surface area (Å²) in [6.45, 7) is 0.706. The third-order valence-electron chi connectivity index (χ3n) is 4.67. The van der Waals surface area contributed by atoms with E-state index < -0.39 is 0 Å². The Morgan fingerprint density at radius 3 is 3.12 bits per heavy atom. The molecule has 1 unspecified atom stereocenters. The van der Waals surface area contributed by atoms with Crippen molar-refractivity contribution in [3.8, 4) is 0 Å². The van der Waals surface area contributed by atoms with Gasteiger partial charge in [0.25, 0.3) is 5.91 Å². The van der Waals surface area contributed by atoms with Gasteiger partial charge in [-0.05, 0) is 31.4 Å². The van der Waals surface area contributed by atoms with E-state index in [-0.39, 0.29) is 30.0 Å². The molecule has 2 aliphatic rings. The molecule has 0 spiro atoms. The first kappa shape index (κ1) is 15.1. The summed E-state index contributed by atoms with van der Waals surface area (Å²) in [5.41, 5.74) is 1.13. The van der Waals surface area contributed by atoms with Gasteiger partial charge >= 0.3 is 0 Å². The number of nitrogens with zero attached hydrogens (tertiary/aromatic N) is 3. The molecule has 0 aliphatic carbocycles. The zero-order valence-electron chi connectivity index (χ0n) is 13.1. The minimum atomic E-state index is -0.206. The van der Waals surface area contributed by atoms with Gasteiger partial charge in [0.15, 0.2) is 0 Å². The summed E-state index contributed by atoms with van der Waals surface area (Å²) in [7, 11) is 0. The van der Waals surface area contributed by atoms with Crippen molar-refractivity contribution < 1.29 is 14.3 Å². The van der Waals surface area contributed by atoms with Crippen LogP contribution in [0.1, 0.15) is 36.0 Å². The molecule has 8 heteroatoms. The highest BCUT2D eigenvalue weighted by atomic mass is 16.5. The third kappa shape index (κ3) is 2.73. The second-order valence-corrected chi connectivity index (χ2v) is 6.22. The number of piperidine rings is 1. The zero-order chi connectivity index (χ0) is 16.5. The van der Waals surface area contributed by atoms with Crippen molar-refractivity contribution in [1.29, 1.82) is 0 Å². The molecule has 2 saturated heterocycles. The van der Waals surface area contributed by atoms with Crippen LogP contribution in [0.15, 0.2) is 24.5 Å². The summed E-state index contributed by atoms with van der Waals surface area (Å²) in [6, 6.07) is 3.24. The number of hydrogen-bond acceptors (Lipinski definition) is 5. The predicted octanol–water partition coefficient (Wildman–Crippen LogP) is 0.285. The molecule has 4 rings (SSSR count). The van der Waals surface area contributed by atoms with Crippen LogP contribution in [0.2, 0.25) is 0 Å². The average molecular weight is 329 g/mol. The van der Waals surface area contributed by atoms with Crippen molar-refractivity contribution in [2.45, 2.75) is 43.9 Å². The van der Waals surface area contributed by atoms with Gasteiger partial charge in [0, 0.05) is 19.2 Å². The van der Waals surface area contributed by atoms with Crippen LogP contribution < -0.4 is 10.6 Å². The van der Waals surface area contributed by atoms with Gasteiger partial charge in [-0.2, -0.15) is 14.8 Å². The fraction of sp³-hybridized carbons (Fsp3) is 0.500. The fourth-order valence-corrected chi connectivity index (χ4v) is 3.48. The number of hydrogen-bond donors (Lipinski definition) is 2. The molecule has 2 fully saturated rings. The van der Waals surface area contributed by atoms with Crippen LogP contribution >= 0.6 is 0 Å². The van der Waals surface area contributed by atoms with Crippen LogP contribution in [-0.4, -0.2) is 51.4 Å². The highest BCUT2D eigenvalue weighted by Crippen LogP contribution is 2.23. The van der Waals surface area contributed by atoms with Crippen molar-refractivity contribution in [1.82, 2.24) is 25.5 Å². The molecular formula is C16H19N5O3. The quantitative estimate of drug-likeness (QED) is 0.843. The van der Waals surface area contributed by atoms with E-state index in [4.69, 9.17) is 4.74 Å². The lowest BCUT2D eigenvalue weighted by atomic mass is 9.92. The van der Waals surface area contributed by atoms with Gasteiger partial charge in [0.05, 0.1) is 29.9 Å². The first-order valence-corrected chi connectivity index (χ1v) is 8.23. The topological polar surface area (TPSA) is 97.6 Å². The van der Waals surface area contributed by atoms with Gasteiger partial charge in [-0.3, -0.25) is 9.59 Å². The van der Waals surface area contributed by atoms with Crippen LogP contribution in [0.4, 0.5) is 0 Å². The molecule has 24 heavy (non-hydrogen) atoms. The summed E-state index contributed by atoms with van der Waals surface area (Å²) in [4.78, 5) is 24.4. The number of fused-ring (bicyclic) bond motifs is 1. The van der Waals surface area contributed by atoms with Gasteiger partial charge in [-0.15, -0.1) is 0 Å². The normalized spacial score (nSPS) is 27.2. The molecule has 8 nitrogen and oxygen atoms in total. The second-order valence-electron chi connectivity index (χ2n) is 6.22. The van der Waals surface area contributed by atoms with Crippen molar-refractivity contribution in [2.75, 3.05) is 6.61 Å². The standard InChI is InChI=1S/C16H19N5O3/c22-14-6-5-11(15(20-14)13-4-2-8-24-13)19-16(23)10-9-18-21-12(10)3-1-7-17-21/h1,3,7,9,11,13,15H,2,4-6,8H2,(H,19,23)(H,20,22)/t11-,13?,15-/m0/s1. The fourth-order valence-electron chi connectivity index (χ4n) is 3.48. The number of carbonyl (C=O) groups excluding carboxylic acids is 2. The van der Waals surface area contributed by atoms with E-state index >= 15 is 0 Å². The number of rotatable bonds is 3. The number of nitrogens with one attached hydrogen (secondary N) is 2. The molecule has 126 valence electrons. The molecule has 0 saturated carbocycles. The summed E-state index contributed by atoms with van der Waals surface area (Å²) in [5, 5.41) is 14.2. The van der Waals surface area contributed by atoms with E-state index in [0.717, 1.165) is 12.8 Å². The Balaban J connectivity index is 1.53. The Morgan fingerprint density at radius 2 is 2.29 bits per heavy atom. The lowest BCUT2D eigenvalue weighted by Crippen LogP contribution is -2.60.